The molecule has 15 heavy (non-hydrogen) atoms. The van der Waals surface area contributed by atoms with Gasteiger partial charge in [-0.15, -0.1) is 0 Å². The number of rotatable bonds is 4. The standard InChI is InChI=1S/C12H16N2O/c1-9(2)8-14-15-12-5-3-4-11-10(12)6-7-13-11/h3-7,9,13-14H,8H2,1-2H3. The van der Waals surface area contributed by atoms with E-state index < -0.39 is 0 Å². The summed E-state index contributed by atoms with van der Waals surface area (Å²) in [6, 6.07) is 7.99. The lowest BCUT2D eigenvalue weighted by atomic mass is 10.2. The van der Waals surface area contributed by atoms with Crippen molar-refractivity contribution >= 4 is 10.9 Å². The number of aromatic nitrogens is 1. The lowest BCUT2D eigenvalue weighted by molar-refractivity contribution is 0.185. The molecule has 0 amide bonds. The minimum Gasteiger partial charge on any atom is -0.408 e. The van der Waals surface area contributed by atoms with Crippen LogP contribution in [0.15, 0.2) is 30.5 Å². The second-order valence-corrected chi connectivity index (χ2v) is 4.04. The van der Waals surface area contributed by atoms with Gasteiger partial charge in [0.25, 0.3) is 0 Å². The highest BCUT2D eigenvalue weighted by atomic mass is 16.6. The number of fused-ring (bicyclic) bond motifs is 1. The molecule has 1 aromatic heterocycles. The van der Waals surface area contributed by atoms with E-state index in [2.05, 4.69) is 24.3 Å². The summed E-state index contributed by atoms with van der Waals surface area (Å²) in [7, 11) is 0. The van der Waals surface area contributed by atoms with Crippen LogP contribution in [0, 0.1) is 5.92 Å². The Labute approximate surface area is 89.4 Å². The van der Waals surface area contributed by atoms with Crippen LogP contribution in [-0.4, -0.2) is 11.5 Å². The minimum atomic E-state index is 0.579. The van der Waals surface area contributed by atoms with Gasteiger partial charge in [0.2, 0.25) is 0 Å². The molecule has 0 aliphatic rings. The Hall–Kier alpha value is -1.48. The van der Waals surface area contributed by atoms with Gasteiger partial charge in [0, 0.05) is 23.6 Å². The molecule has 0 spiro atoms. The molecule has 0 radical (unpaired) electrons. The zero-order valence-corrected chi connectivity index (χ0v) is 9.08. The minimum absolute atomic E-state index is 0.579. The Morgan fingerprint density at radius 3 is 3.00 bits per heavy atom. The smallest absolute Gasteiger partial charge is 0.156 e. The number of benzene rings is 1. The van der Waals surface area contributed by atoms with Crippen LogP contribution in [0.1, 0.15) is 13.8 Å². The Morgan fingerprint density at radius 1 is 1.33 bits per heavy atom. The molecule has 0 bridgehead atoms. The molecular formula is C12H16N2O. The van der Waals surface area contributed by atoms with Gasteiger partial charge in [0.15, 0.2) is 5.75 Å². The summed E-state index contributed by atoms with van der Waals surface area (Å²) < 4.78 is 0. The predicted octanol–water partition coefficient (Wildman–Crippen LogP) is 2.71. The summed E-state index contributed by atoms with van der Waals surface area (Å²) >= 11 is 0. The van der Waals surface area contributed by atoms with Crippen molar-refractivity contribution in [1.82, 2.24) is 10.5 Å². The highest BCUT2D eigenvalue weighted by molar-refractivity contribution is 5.85. The average Bonchev–Trinajstić information content (AvgIpc) is 2.65. The first-order valence-electron chi connectivity index (χ1n) is 5.23. The van der Waals surface area contributed by atoms with Crippen LogP contribution in [0.4, 0.5) is 0 Å². The summed E-state index contributed by atoms with van der Waals surface area (Å²) in [6.07, 6.45) is 1.92. The third-order valence-corrected chi connectivity index (χ3v) is 2.23. The summed E-state index contributed by atoms with van der Waals surface area (Å²) in [4.78, 5) is 8.67. The van der Waals surface area contributed by atoms with Crippen molar-refractivity contribution in [3.63, 3.8) is 0 Å². The maximum atomic E-state index is 5.52. The van der Waals surface area contributed by atoms with E-state index in [-0.39, 0.29) is 0 Å². The van der Waals surface area contributed by atoms with E-state index in [4.69, 9.17) is 4.84 Å². The predicted molar refractivity (Wildman–Crippen MR) is 61.8 cm³/mol. The van der Waals surface area contributed by atoms with Crippen molar-refractivity contribution < 1.29 is 4.84 Å². The van der Waals surface area contributed by atoms with Crippen LogP contribution in [0.25, 0.3) is 10.9 Å². The van der Waals surface area contributed by atoms with E-state index in [1.54, 1.807) is 0 Å². The van der Waals surface area contributed by atoms with Crippen LogP contribution in [0.5, 0.6) is 5.75 Å². The molecule has 1 aromatic carbocycles. The third kappa shape index (κ3) is 2.30. The quantitative estimate of drug-likeness (QED) is 0.751. The SMILES string of the molecule is CC(C)CNOc1cccc2[nH]ccc12. The number of hydrogen-bond donors (Lipinski definition) is 2. The zero-order valence-electron chi connectivity index (χ0n) is 9.08. The van der Waals surface area contributed by atoms with Crippen molar-refractivity contribution in [2.24, 2.45) is 5.92 Å². The van der Waals surface area contributed by atoms with Crippen LogP contribution < -0.4 is 10.3 Å². The fourth-order valence-corrected chi connectivity index (χ4v) is 1.43. The number of hydroxylamine groups is 1. The fraction of sp³-hybridized carbons (Fsp3) is 0.333. The highest BCUT2D eigenvalue weighted by Gasteiger charge is 2.02. The molecule has 0 aliphatic carbocycles. The van der Waals surface area contributed by atoms with Crippen LogP contribution in [-0.2, 0) is 0 Å². The Balaban J connectivity index is 2.10. The molecular weight excluding hydrogens is 188 g/mol. The van der Waals surface area contributed by atoms with Gasteiger partial charge in [-0.2, -0.15) is 5.48 Å². The van der Waals surface area contributed by atoms with Gasteiger partial charge in [-0.05, 0) is 24.1 Å². The van der Waals surface area contributed by atoms with Gasteiger partial charge in [-0.1, -0.05) is 19.9 Å². The molecule has 80 valence electrons. The summed E-state index contributed by atoms with van der Waals surface area (Å²) in [5.41, 5.74) is 4.07. The van der Waals surface area contributed by atoms with E-state index >= 15 is 0 Å². The number of hydrogen-bond acceptors (Lipinski definition) is 2. The second kappa shape index (κ2) is 4.36. The maximum Gasteiger partial charge on any atom is 0.156 e. The summed E-state index contributed by atoms with van der Waals surface area (Å²) in [6.45, 7) is 5.14. The van der Waals surface area contributed by atoms with Crippen molar-refractivity contribution in [1.29, 1.82) is 0 Å². The lowest BCUT2D eigenvalue weighted by Crippen LogP contribution is -2.23. The lowest BCUT2D eigenvalue weighted by Gasteiger charge is -2.09. The van der Waals surface area contributed by atoms with Gasteiger partial charge in [0.1, 0.15) is 0 Å². The largest absolute Gasteiger partial charge is 0.408 e. The number of H-pyrrole nitrogens is 1. The Morgan fingerprint density at radius 2 is 2.20 bits per heavy atom. The van der Waals surface area contributed by atoms with Crippen LogP contribution >= 0.6 is 0 Å². The summed E-state index contributed by atoms with van der Waals surface area (Å²) in [5, 5.41) is 1.11. The molecule has 2 rings (SSSR count). The fourth-order valence-electron chi connectivity index (χ4n) is 1.43. The van der Waals surface area contributed by atoms with Crippen LogP contribution in [0.2, 0.25) is 0 Å². The average molecular weight is 204 g/mol. The number of aromatic amines is 1. The van der Waals surface area contributed by atoms with E-state index in [1.807, 2.05) is 30.5 Å². The molecule has 1 heterocycles. The molecule has 2 N–H and O–H groups in total. The van der Waals surface area contributed by atoms with Gasteiger partial charge >= 0.3 is 0 Å². The zero-order chi connectivity index (χ0) is 10.7. The molecule has 0 fully saturated rings. The maximum absolute atomic E-state index is 5.52. The van der Waals surface area contributed by atoms with E-state index in [1.165, 1.54) is 0 Å². The van der Waals surface area contributed by atoms with Crippen molar-refractivity contribution in [3.8, 4) is 5.75 Å². The van der Waals surface area contributed by atoms with E-state index in [0.29, 0.717) is 5.92 Å². The monoisotopic (exact) mass is 204 g/mol. The molecule has 0 saturated heterocycles. The van der Waals surface area contributed by atoms with Crippen molar-refractivity contribution in [2.45, 2.75) is 13.8 Å². The third-order valence-electron chi connectivity index (χ3n) is 2.23. The van der Waals surface area contributed by atoms with Gasteiger partial charge in [-0.3, -0.25) is 0 Å². The van der Waals surface area contributed by atoms with Gasteiger partial charge in [-0.25, -0.2) is 0 Å². The first-order valence-corrected chi connectivity index (χ1v) is 5.23. The molecule has 3 nitrogen and oxygen atoms in total. The first-order chi connectivity index (χ1) is 7.27. The first kappa shape index (κ1) is 10.1. The van der Waals surface area contributed by atoms with Crippen LogP contribution in [0.3, 0.4) is 0 Å². The second-order valence-electron chi connectivity index (χ2n) is 4.04. The summed E-state index contributed by atoms with van der Waals surface area (Å²) in [5.74, 6) is 1.45. The Kier molecular flexibility index (Phi) is 2.92. The molecule has 3 heteroatoms. The Bertz CT molecular complexity index is 434. The normalized spacial score (nSPS) is 11.1. The molecule has 0 saturated carbocycles. The highest BCUT2D eigenvalue weighted by Crippen LogP contribution is 2.23. The molecule has 0 unspecified atom stereocenters. The van der Waals surface area contributed by atoms with Gasteiger partial charge in [0.05, 0.1) is 0 Å². The number of nitrogens with one attached hydrogen (secondary N) is 2. The molecule has 0 aliphatic heterocycles. The molecule has 0 atom stereocenters. The van der Waals surface area contributed by atoms with E-state index in [0.717, 1.165) is 23.2 Å². The molecule has 2 aromatic rings. The van der Waals surface area contributed by atoms with Crippen molar-refractivity contribution in [3.05, 3.63) is 30.5 Å². The van der Waals surface area contributed by atoms with Crippen molar-refractivity contribution in [2.75, 3.05) is 6.54 Å². The van der Waals surface area contributed by atoms with E-state index in [9.17, 15) is 0 Å². The topological polar surface area (TPSA) is 37.0 Å². The van der Waals surface area contributed by atoms with Gasteiger partial charge < -0.3 is 9.82 Å².